The molecule has 1 aliphatic rings. The first kappa shape index (κ1) is 36.7. The molecule has 0 aromatic heterocycles. The van der Waals surface area contributed by atoms with E-state index in [9.17, 15) is 20.4 Å². The standard InChI is InChI=1S/C38H46N2O7/c1-38(2,3)47-37(42)14-12-10-8-6-5-7-9-11-13-21-44-36-24-31(45-27-43-4)18-15-28(36)16-19-32-23-33(29(25-39)26-40)34-22-30(41)17-20-35(34)46-32/h15-20,22-24,41H,5-14,21,27H2,1-4H3/b19-16+. The van der Waals surface area contributed by atoms with Crippen LogP contribution < -0.4 is 14.2 Å². The van der Waals surface area contributed by atoms with Gasteiger partial charge in [-0.15, -0.1) is 0 Å². The Labute approximate surface area is 278 Å². The fraction of sp³-hybridized carbons (Fsp3) is 0.447. The number of aromatic hydroxyl groups is 1. The van der Waals surface area contributed by atoms with Crippen LogP contribution in [0.3, 0.4) is 0 Å². The Balaban J connectivity index is 1.51. The second-order valence-electron chi connectivity index (χ2n) is 12.3. The first-order valence-electron chi connectivity index (χ1n) is 16.2. The zero-order chi connectivity index (χ0) is 34.1. The van der Waals surface area contributed by atoms with Gasteiger partial charge < -0.3 is 28.8 Å². The molecule has 9 heteroatoms. The van der Waals surface area contributed by atoms with Crippen molar-refractivity contribution >= 4 is 17.6 Å². The largest absolute Gasteiger partial charge is 0.508 e. The second kappa shape index (κ2) is 19.1. The number of phenolic OH excluding ortho intramolecular Hbond substituents is 1. The predicted molar refractivity (Wildman–Crippen MR) is 180 cm³/mol. The molecule has 0 radical (unpaired) electrons. The minimum atomic E-state index is -0.416. The number of rotatable bonds is 18. The number of hydrogen-bond donors (Lipinski definition) is 1. The van der Waals surface area contributed by atoms with E-state index in [1.54, 1.807) is 25.3 Å². The Morgan fingerprint density at radius 1 is 0.894 bits per heavy atom. The molecular weight excluding hydrogens is 596 g/mol. The van der Waals surface area contributed by atoms with Crippen molar-refractivity contribution in [2.24, 2.45) is 0 Å². The SMILES string of the molecule is COCOc1ccc(/C=C/C2=CC(=C(C#N)C#N)c3cc(O)ccc3O2)c(OCCCCCCCCCCCC(=O)OC(C)(C)C)c1. The highest BCUT2D eigenvalue weighted by atomic mass is 16.7. The van der Waals surface area contributed by atoms with Gasteiger partial charge in [0.05, 0.1) is 6.61 Å². The third-order valence-electron chi connectivity index (χ3n) is 7.22. The quantitative estimate of drug-likeness (QED) is 0.0733. The molecule has 1 heterocycles. The van der Waals surface area contributed by atoms with Crippen molar-refractivity contribution in [1.29, 1.82) is 10.5 Å². The van der Waals surface area contributed by atoms with Gasteiger partial charge in [-0.25, -0.2) is 0 Å². The Hall–Kier alpha value is -4.73. The number of carbonyl (C=O) groups is 1. The van der Waals surface area contributed by atoms with E-state index in [1.807, 2.05) is 57.2 Å². The number of fused-ring (bicyclic) bond motifs is 1. The van der Waals surface area contributed by atoms with Crippen molar-refractivity contribution in [3.8, 4) is 35.1 Å². The minimum Gasteiger partial charge on any atom is -0.508 e. The van der Waals surface area contributed by atoms with Crippen LogP contribution in [-0.2, 0) is 14.3 Å². The third kappa shape index (κ3) is 12.9. The zero-order valence-corrected chi connectivity index (χ0v) is 28.0. The number of ether oxygens (including phenoxy) is 5. The summed E-state index contributed by atoms with van der Waals surface area (Å²) in [5.74, 6) is 2.02. The molecule has 0 amide bonds. The van der Waals surface area contributed by atoms with Gasteiger partial charge in [-0.1, -0.05) is 44.9 Å². The summed E-state index contributed by atoms with van der Waals surface area (Å²) in [5.41, 5.74) is 1.16. The van der Waals surface area contributed by atoms with Crippen molar-refractivity contribution in [1.82, 2.24) is 0 Å². The zero-order valence-electron chi connectivity index (χ0n) is 28.0. The Kier molecular flexibility index (Phi) is 14.9. The molecule has 1 N–H and O–H groups in total. The molecule has 0 fully saturated rings. The summed E-state index contributed by atoms with van der Waals surface area (Å²) in [6.45, 7) is 6.35. The number of unbranched alkanes of at least 4 members (excludes halogenated alkanes) is 8. The van der Waals surface area contributed by atoms with Gasteiger partial charge in [0.25, 0.3) is 0 Å². The van der Waals surface area contributed by atoms with Gasteiger partial charge in [-0.2, -0.15) is 10.5 Å². The Bertz CT molecular complexity index is 1500. The number of hydrogen-bond acceptors (Lipinski definition) is 9. The van der Waals surface area contributed by atoms with Crippen molar-refractivity contribution in [3.63, 3.8) is 0 Å². The number of phenols is 1. The molecule has 47 heavy (non-hydrogen) atoms. The number of esters is 1. The second-order valence-corrected chi connectivity index (χ2v) is 12.3. The summed E-state index contributed by atoms with van der Waals surface area (Å²) in [7, 11) is 1.56. The normalized spacial score (nSPS) is 12.4. The lowest BCUT2D eigenvalue weighted by molar-refractivity contribution is -0.154. The maximum Gasteiger partial charge on any atom is 0.306 e. The highest BCUT2D eigenvalue weighted by molar-refractivity contribution is 5.87. The fourth-order valence-electron chi connectivity index (χ4n) is 4.98. The Morgan fingerprint density at radius 2 is 1.57 bits per heavy atom. The van der Waals surface area contributed by atoms with Gasteiger partial charge in [-0.05, 0) is 82.2 Å². The number of carbonyl (C=O) groups excluding carboxylic acids is 1. The molecule has 0 spiro atoms. The monoisotopic (exact) mass is 642 g/mol. The molecule has 0 unspecified atom stereocenters. The first-order chi connectivity index (χ1) is 22.6. The van der Waals surface area contributed by atoms with Crippen LogP contribution in [0.15, 0.2) is 59.9 Å². The predicted octanol–water partition coefficient (Wildman–Crippen LogP) is 8.79. The van der Waals surface area contributed by atoms with Gasteiger partial charge in [0, 0.05) is 36.3 Å². The molecule has 1 aliphatic heterocycles. The van der Waals surface area contributed by atoms with E-state index in [2.05, 4.69) is 0 Å². The van der Waals surface area contributed by atoms with Crippen LogP contribution >= 0.6 is 0 Å². The van der Waals surface area contributed by atoms with E-state index >= 15 is 0 Å². The molecule has 2 aromatic rings. The molecule has 0 bridgehead atoms. The van der Waals surface area contributed by atoms with Crippen LogP contribution in [0.1, 0.15) is 96.1 Å². The van der Waals surface area contributed by atoms with Crippen LogP contribution in [-0.4, -0.2) is 37.2 Å². The van der Waals surface area contributed by atoms with Gasteiger partial charge in [0.15, 0.2) is 6.79 Å². The highest BCUT2D eigenvalue weighted by Gasteiger charge is 2.20. The van der Waals surface area contributed by atoms with Gasteiger partial charge in [0.1, 0.15) is 52.1 Å². The number of benzene rings is 2. The summed E-state index contributed by atoms with van der Waals surface area (Å²) in [5, 5.41) is 29.0. The summed E-state index contributed by atoms with van der Waals surface area (Å²) in [6.07, 6.45) is 15.4. The van der Waals surface area contributed by atoms with Crippen LogP contribution in [0.25, 0.3) is 11.6 Å². The van der Waals surface area contributed by atoms with Gasteiger partial charge >= 0.3 is 5.97 Å². The number of methoxy groups -OCH3 is 1. The average Bonchev–Trinajstić information content (AvgIpc) is 3.03. The van der Waals surface area contributed by atoms with Gasteiger partial charge in [-0.3, -0.25) is 4.79 Å². The van der Waals surface area contributed by atoms with Gasteiger partial charge in [0.2, 0.25) is 0 Å². The summed E-state index contributed by atoms with van der Waals surface area (Å²) in [6, 6.07) is 13.9. The van der Waals surface area contributed by atoms with Crippen LogP contribution in [0.2, 0.25) is 0 Å². The molecule has 9 nitrogen and oxygen atoms in total. The van der Waals surface area contributed by atoms with Crippen LogP contribution in [0.4, 0.5) is 0 Å². The number of nitrogens with zero attached hydrogens (tertiary/aromatic N) is 2. The number of allylic oxidation sites excluding steroid dienone is 4. The van der Waals surface area contributed by atoms with E-state index in [0.29, 0.717) is 47.2 Å². The van der Waals surface area contributed by atoms with Crippen molar-refractivity contribution in [2.75, 3.05) is 20.5 Å². The molecule has 2 aromatic carbocycles. The van der Waals surface area contributed by atoms with Crippen molar-refractivity contribution in [2.45, 2.75) is 90.6 Å². The minimum absolute atomic E-state index is 0.00817. The molecule has 0 saturated heterocycles. The highest BCUT2D eigenvalue weighted by Crippen LogP contribution is 2.38. The third-order valence-corrected chi connectivity index (χ3v) is 7.22. The molecular formula is C38H46N2O7. The number of nitriles is 2. The molecule has 0 aliphatic carbocycles. The molecule has 0 saturated carbocycles. The Morgan fingerprint density at radius 3 is 2.23 bits per heavy atom. The van der Waals surface area contributed by atoms with Crippen molar-refractivity contribution in [3.05, 3.63) is 71.0 Å². The summed E-state index contributed by atoms with van der Waals surface area (Å²) in [4.78, 5) is 11.8. The summed E-state index contributed by atoms with van der Waals surface area (Å²) < 4.78 is 28.2. The molecule has 3 rings (SSSR count). The maximum absolute atomic E-state index is 11.8. The average molecular weight is 643 g/mol. The lowest BCUT2D eigenvalue weighted by atomic mass is 9.97. The smallest absolute Gasteiger partial charge is 0.306 e. The molecule has 250 valence electrons. The fourth-order valence-corrected chi connectivity index (χ4v) is 4.98. The van der Waals surface area contributed by atoms with E-state index in [1.165, 1.54) is 31.4 Å². The van der Waals surface area contributed by atoms with E-state index in [-0.39, 0.29) is 24.1 Å². The summed E-state index contributed by atoms with van der Waals surface area (Å²) >= 11 is 0. The molecule has 0 atom stereocenters. The van der Waals surface area contributed by atoms with Crippen LogP contribution in [0.5, 0.6) is 23.0 Å². The van der Waals surface area contributed by atoms with E-state index < -0.39 is 5.60 Å². The van der Waals surface area contributed by atoms with Crippen molar-refractivity contribution < 1.29 is 33.6 Å². The topological polar surface area (TPSA) is 131 Å². The lowest BCUT2D eigenvalue weighted by Crippen LogP contribution is -2.23. The first-order valence-corrected chi connectivity index (χ1v) is 16.2. The van der Waals surface area contributed by atoms with E-state index in [0.717, 1.165) is 44.1 Å². The van der Waals surface area contributed by atoms with E-state index in [4.69, 9.17) is 23.7 Å². The lowest BCUT2D eigenvalue weighted by Gasteiger charge is -2.19. The van der Waals surface area contributed by atoms with Crippen LogP contribution in [0, 0.1) is 22.7 Å². The maximum atomic E-state index is 11.8.